The second-order valence-corrected chi connectivity index (χ2v) is 3.50. The molecule has 0 fully saturated rings. The van der Waals surface area contributed by atoms with Crippen molar-refractivity contribution in [2.45, 2.75) is 6.42 Å². The summed E-state index contributed by atoms with van der Waals surface area (Å²) in [5.74, 6) is -0.550. The predicted molar refractivity (Wildman–Crippen MR) is 53.0 cm³/mol. The molecule has 0 saturated heterocycles. The van der Waals surface area contributed by atoms with Crippen LogP contribution in [-0.2, 0) is 11.2 Å². The maximum Gasteiger partial charge on any atom is 0.159 e. The van der Waals surface area contributed by atoms with Crippen molar-refractivity contribution in [3.8, 4) is 0 Å². The Labute approximate surface area is 84.4 Å². The molecule has 0 radical (unpaired) electrons. The number of carbonyl (C=O) groups is 1. The maximum atomic E-state index is 13.1. The first-order chi connectivity index (χ1) is 6.13. The van der Waals surface area contributed by atoms with Gasteiger partial charge in [0.05, 0.1) is 0 Å². The lowest BCUT2D eigenvalue weighted by molar-refractivity contribution is -0.114. The van der Waals surface area contributed by atoms with Crippen LogP contribution < -0.4 is 0 Å². The van der Waals surface area contributed by atoms with E-state index in [1.54, 1.807) is 12.1 Å². The van der Waals surface area contributed by atoms with E-state index in [4.69, 9.17) is 0 Å². The van der Waals surface area contributed by atoms with Crippen molar-refractivity contribution in [3.05, 3.63) is 46.7 Å². The molecule has 0 aliphatic rings. The fourth-order valence-electron chi connectivity index (χ4n) is 0.925. The van der Waals surface area contributed by atoms with E-state index in [0.717, 1.165) is 0 Å². The molecular weight excluding hydrogens is 235 g/mol. The minimum absolute atomic E-state index is 0.0720. The second-order valence-electron chi connectivity index (χ2n) is 2.58. The van der Waals surface area contributed by atoms with Crippen LogP contribution in [-0.4, -0.2) is 5.78 Å². The Kier molecular flexibility index (Phi) is 3.37. The van der Waals surface area contributed by atoms with E-state index in [2.05, 4.69) is 22.5 Å². The van der Waals surface area contributed by atoms with Crippen LogP contribution in [0, 0.1) is 5.82 Å². The third-order valence-electron chi connectivity index (χ3n) is 1.61. The standard InChI is InChI=1S/C10H8BrFO/c1-2-9(13)5-7-3-4-8(11)6-10(7)12/h2-4,6H,1,5H2. The number of ketones is 1. The molecule has 68 valence electrons. The summed E-state index contributed by atoms with van der Waals surface area (Å²) in [4.78, 5) is 10.9. The Balaban J connectivity index is 2.89. The smallest absolute Gasteiger partial charge is 0.159 e. The highest BCUT2D eigenvalue weighted by Gasteiger charge is 2.05. The molecule has 0 N–H and O–H groups in total. The van der Waals surface area contributed by atoms with Gasteiger partial charge in [-0.1, -0.05) is 28.6 Å². The Morgan fingerprint density at radius 2 is 2.31 bits per heavy atom. The number of hydrogen-bond donors (Lipinski definition) is 0. The van der Waals surface area contributed by atoms with Gasteiger partial charge in [0.2, 0.25) is 0 Å². The zero-order valence-electron chi connectivity index (χ0n) is 6.89. The van der Waals surface area contributed by atoms with Crippen molar-refractivity contribution >= 4 is 21.7 Å². The number of allylic oxidation sites excluding steroid dienone is 1. The lowest BCUT2D eigenvalue weighted by Gasteiger charge is -2.00. The van der Waals surface area contributed by atoms with Gasteiger partial charge in [-0.15, -0.1) is 0 Å². The van der Waals surface area contributed by atoms with Gasteiger partial charge in [-0.3, -0.25) is 4.79 Å². The van der Waals surface area contributed by atoms with Crippen LogP contribution in [0.1, 0.15) is 5.56 Å². The average molecular weight is 243 g/mol. The molecule has 1 rings (SSSR count). The van der Waals surface area contributed by atoms with Crippen LogP contribution in [0.2, 0.25) is 0 Å². The van der Waals surface area contributed by atoms with Crippen molar-refractivity contribution in [1.29, 1.82) is 0 Å². The Morgan fingerprint density at radius 1 is 1.62 bits per heavy atom. The van der Waals surface area contributed by atoms with E-state index in [-0.39, 0.29) is 18.0 Å². The maximum absolute atomic E-state index is 13.1. The van der Waals surface area contributed by atoms with Crippen molar-refractivity contribution in [2.75, 3.05) is 0 Å². The normalized spacial score (nSPS) is 9.69. The van der Waals surface area contributed by atoms with Crippen LogP contribution in [0.5, 0.6) is 0 Å². The summed E-state index contributed by atoms with van der Waals surface area (Å²) in [7, 11) is 0. The van der Waals surface area contributed by atoms with Crippen LogP contribution >= 0.6 is 15.9 Å². The van der Waals surface area contributed by atoms with Crippen molar-refractivity contribution in [2.24, 2.45) is 0 Å². The number of carbonyl (C=O) groups excluding carboxylic acids is 1. The monoisotopic (exact) mass is 242 g/mol. The van der Waals surface area contributed by atoms with E-state index in [0.29, 0.717) is 10.0 Å². The third-order valence-corrected chi connectivity index (χ3v) is 2.10. The molecular formula is C10H8BrFO. The van der Waals surface area contributed by atoms with Crippen LogP contribution in [0.15, 0.2) is 35.3 Å². The molecule has 0 saturated carbocycles. The van der Waals surface area contributed by atoms with Gasteiger partial charge in [-0.2, -0.15) is 0 Å². The van der Waals surface area contributed by atoms with Crippen LogP contribution in [0.4, 0.5) is 4.39 Å². The Bertz CT molecular complexity index is 347. The predicted octanol–water partition coefficient (Wildman–Crippen LogP) is 2.89. The molecule has 0 atom stereocenters. The van der Waals surface area contributed by atoms with E-state index in [9.17, 15) is 9.18 Å². The summed E-state index contributed by atoms with van der Waals surface area (Å²) in [6.07, 6.45) is 1.27. The van der Waals surface area contributed by atoms with Crippen LogP contribution in [0.3, 0.4) is 0 Å². The van der Waals surface area contributed by atoms with Crippen molar-refractivity contribution in [1.82, 2.24) is 0 Å². The summed E-state index contributed by atoms with van der Waals surface area (Å²) < 4.78 is 13.8. The molecule has 0 aliphatic heterocycles. The average Bonchev–Trinajstić information content (AvgIpc) is 2.09. The fourth-order valence-corrected chi connectivity index (χ4v) is 1.26. The first kappa shape index (κ1) is 10.1. The highest BCUT2D eigenvalue weighted by atomic mass is 79.9. The summed E-state index contributed by atoms with van der Waals surface area (Å²) in [5, 5.41) is 0. The number of halogens is 2. The summed E-state index contributed by atoms with van der Waals surface area (Å²) in [6, 6.07) is 4.63. The number of hydrogen-bond acceptors (Lipinski definition) is 1. The summed E-state index contributed by atoms with van der Waals surface area (Å²) >= 11 is 3.13. The van der Waals surface area contributed by atoms with E-state index < -0.39 is 0 Å². The third kappa shape index (κ3) is 2.77. The van der Waals surface area contributed by atoms with Crippen molar-refractivity contribution < 1.29 is 9.18 Å². The molecule has 1 nitrogen and oxygen atoms in total. The SMILES string of the molecule is C=CC(=O)Cc1ccc(Br)cc1F. The van der Waals surface area contributed by atoms with Gasteiger partial charge in [-0.05, 0) is 23.8 Å². The van der Waals surface area contributed by atoms with Crippen LogP contribution in [0.25, 0.3) is 0 Å². The summed E-state index contributed by atoms with van der Waals surface area (Å²) in [6.45, 7) is 3.32. The highest BCUT2D eigenvalue weighted by Crippen LogP contribution is 2.15. The largest absolute Gasteiger partial charge is 0.295 e. The molecule has 0 amide bonds. The zero-order valence-corrected chi connectivity index (χ0v) is 8.47. The molecule has 3 heteroatoms. The van der Waals surface area contributed by atoms with Gasteiger partial charge in [0.15, 0.2) is 5.78 Å². The van der Waals surface area contributed by atoms with Gasteiger partial charge in [-0.25, -0.2) is 4.39 Å². The lowest BCUT2D eigenvalue weighted by Crippen LogP contribution is -2.00. The molecule has 1 aromatic rings. The minimum atomic E-state index is -0.371. The molecule has 1 aromatic carbocycles. The molecule has 0 bridgehead atoms. The highest BCUT2D eigenvalue weighted by molar-refractivity contribution is 9.10. The number of rotatable bonds is 3. The zero-order chi connectivity index (χ0) is 9.84. The molecule has 0 heterocycles. The quantitative estimate of drug-likeness (QED) is 0.746. The van der Waals surface area contributed by atoms with E-state index in [1.165, 1.54) is 12.1 Å². The van der Waals surface area contributed by atoms with Gasteiger partial charge < -0.3 is 0 Å². The molecule has 0 unspecified atom stereocenters. The topological polar surface area (TPSA) is 17.1 Å². The first-order valence-corrected chi connectivity index (χ1v) is 4.52. The Morgan fingerprint density at radius 3 is 2.85 bits per heavy atom. The molecule has 0 aliphatic carbocycles. The lowest BCUT2D eigenvalue weighted by atomic mass is 10.1. The molecule has 13 heavy (non-hydrogen) atoms. The van der Waals surface area contributed by atoms with E-state index >= 15 is 0 Å². The van der Waals surface area contributed by atoms with Gasteiger partial charge in [0.25, 0.3) is 0 Å². The van der Waals surface area contributed by atoms with Gasteiger partial charge in [0, 0.05) is 10.9 Å². The minimum Gasteiger partial charge on any atom is -0.295 e. The molecule has 0 spiro atoms. The second kappa shape index (κ2) is 4.33. The molecule has 0 aromatic heterocycles. The van der Waals surface area contributed by atoms with Gasteiger partial charge >= 0.3 is 0 Å². The summed E-state index contributed by atoms with van der Waals surface area (Å²) in [5.41, 5.74) is 0.396. The first-order valence-electron chi connectivity index (χ1n) is 3.72. The van der Waals surface area contributed by atoms with Gasteiger partial charge in [0.1, 0.15) is 5.82 Å². The fraction of sp³-hybridized carbons (Fsp3) is 0.100. The van der Waals surface area contributed by atoms with E-state index in [1.807, 2.05) is 0 Å². The van der Waals surface area contributed by atoms with Crippen molar-refractivity contribution in [3.63, 3.8) is 0 Å². The number of benzene rings is 1. The Hall–Kier alpha value is -0.960.